The number of benzene rings is 8. The van der Waals surface area contributed by atoms with E-state index in [9.17, 15) is 0 Å². The third-order valence-electron chi connectivity index (χ3n) is 10.8. The van der Waals surface area contributed by atoms with Gasteiger partial charge in [0.1, 0.15) is 0 Å². The summed E-state index contributed by atoms with van der Waals surface area (Å²) in [6, 6.07) is 66.6. The Hall–Kier alpha value is -6.62. The van der Waals surface area contributed by atoms with Gasteiger partial charge in [-0.3, -0.25) is 0 Å². The molecular formula is C49H33N3S. The van der Waals surface area contributed by atoms with E-state index in [1.54, 1.807) is 0 Å². The van der Waals surface area contributed by atoms with E-state index in [0.29, 0.717) is 0 Å². The predicted octanol–water partition coefficient (Wildman–Crippen LogP) is 14.0. The molecule has 3 aromatic heterocycles. The summed E-state index contributed by atoms with van der Waals surface area (Å²) in [7, 11) is 0. The summed E-state index contributed by atoms with van der Waals surface area (Å²) < 4.78 is 7.46. The second kappa shape index (κ2) is 11.7. The summed E-state index contributed by atoms with van der Waals surface area (Å²) in [5, 5.41) is 7.60. The molecular weight excluding hydrogens is 663 g/mol. The highest BCUT2D eigenvalue weighted by molar-refractivity contribution is 7.25. The highest BCUT2D eigenvalue weighted by Gasteiger charge is 2.22. The number of aromatic nitrogens is 2. The average Bonchev–Trinajstić information content (AvgIpc) is 3.87. The van der Waals surface area contributed by atoms with Crippen molar-refractivity contribution >= 4 is 92.2 Å². The van der Waals surface area contributed by atoms with Crippen LogP contribution in [-0.2, 0) is 0 Å². The second-order valence-corrected chi connectivity index (χ2v) is 14.9. The molecule has 0 fully saturated rings. The molecule has 4 heteroatoms. The van der Waals surface area contributed by atoms with Gasteiger partial charge in [0.2, 0.25) is 0 Å². The highest BCUT2D eigenvalue weighted by Crippen LogP contribution is 2.45. The number of anilines is 3. The number of thiophene rings is 1. The molecule has 11 rings (SSSR count). The molecule has 0 N–H and O–H groups in total. The van der Waals surface area contributed by atoms with E-state index in [-0.39, 0.29) is 0 Å². The van der Waals surface area contributed by atoms with Gasteiger partial charge in [-0.2, -0.15) is 0 Å². The van der Waals surface area contributed by atoms with Gasteiger partial charge < -0.3 is 14.0 Å². The molecule has 3 heterocycles. The summed E-state index contributed by atoms with van der Waals surface area (Å²) in [4.78, 5) is 2.42. The molecule has 0 saturated heterocycles. The van der Waals surface area contributed by atoms with Gasteiger partial charge in [-0.1, -0.05) is 96.6 Å². The molecule has 0 radical (unpaired) electrons. The first-order chi connectivity index (χ1) is 26.2. The largest absolute Gasteiger partial charge is 0.310 e. The molecule has 8 aromatic carbocycles. The SMILES string of the molecule is Cc1ccc(N(c2ccc(-n3c4ccccc4c4ccccc43)cc2)c2cccc3c2c2ccccc2n3-c2ccc3sc4ccccc4c3c2)cc1. The van der Waals surface area contributed by atoms with Gasteiger partial charge in [-0.05, 0) is 97.9 Å². The summed E-state index contributed by atoms with van der Waals surface area (Å²) in [6.07, 6.45) is 0. The standard InChI is InChI=1S/C49H33N3S/c1-32-21-23-33(24-22-32)50(34-25-27-35(28-26-34)51-42-15-6-2-11-37(42)38-12-3-7-16-43(38)51)45-18-10-19-46-49(45)40-14-4-8-17-44(40)52(46)36-29-30-48-41(31-36)39-13-5-9-20-47(39)53-48/h2-31H,1H3. The van der Waals surface area contributed by atoms with Gasteiger partial charge in [-0.25, -0.2) is 0 Å². The van der Waals surface area contributed by atoms with Crippen LogP contribution in [0.2, 0.25) is 0 Å². The molecule has 0 bridgehead atoms. The fourth-order valence-electron chi connectivity index (χ4n) is 8.39. The van der Waals surface area contributed by atoms with Crippen molar-refractivity contribution in [1.29, 1.82) is 0 Å². The molecule has 0 unspecified atom stereocenters. The first-order valence-corrected chi connectivity index (χ1v) is 18.9. The van der Waals surface area contributed by atoms with Crippen LogP contribution in [-0.4, -0.2) is 9.13 Å². The van der Waals surface area contributed by atoms with Crippen LogP contribution >= 0.6 is 11.3 Å². The van der Waals surface area contributed by atoms with Gasteiger partial charge in [0, 0.05) is 64.5 Å². The number of fused-ring (bicyclic) bond motifs is 9. The molecule has 0 aliphatic rings. The normalized spacial score (nSPS) is 11.9. The van der Waals surface area contributed by atoms with Crippen LogP contribution in [0.5, 0.6) is 0 Å². The lowest BCUT2D eigenvalue weighted by Crippen LogP contribution is -2.10. The summed E-state index contributed by atoms with van der Waals surface area (Å²) >= 11 is 1.86. The van der Waals surface area contributed by atoms with Crippen molar-refractivity contribution in [2.24, 2.45) is 0 Å². The van der Waals surface area contributed by atoms with E-state index in [1.165, 1.54) is 75.0 Å². The Labute approximate surface area is 310 Å². The monoisotopic (exact) mass is 695 g/mol. The molecule has 0 aliphatic heterocycles. The lowest BCUT2D eigenvalue weighted by Gasteiger charge is -2.27. The summed E-state index contributed by atoms with van der Waals surface area (Å²) in [5.41, 5.74) is 11.7. The van der Waals surface area contributed by atoms with Crippen LogP contribution in [0, 0.1) is 6.92 Å². The zero-order valence-electron chi connectivity index (χ0n) is 29.1. The molecule has 3 nitrogen and oxygen atoms in total. The number of hydrogen-bond acceptors (Lipinski definition) is 2. The van der Waals surface area contributed by atoms with E-state index >= 15 is 0 Å². The Morgan fingerprint density at radius 3 is 1.60 bits per heavy atom. The predicted molar refractivity (Wildman–Crippen MR) is 227 cm³/mol. The zero-order valence-corrected chi connectivity index (χ0v) is 29.9. The Bertz CT molecular complexity index is 3130. The van der Waals surface area contributed by atoms with Crippen LogP contribution in [0.4, 0.5) is 17.1 Å². The van der Waals surface area contributed by atoms with E-state index in [1.807, 2.05) is 11.3 Å². The van der Waals surface area contributed by atoms with Gasteiger partial charge in [0.15, 0.2) is 0 Å². The van der Waals surface area contributed by atoms with Crippen molar-refractivity contribution in [2.45, 2.75) is 6.92 Å². The van der Waals surface area contributed by atoms with E-state index in [2.05, 4.69) is 203 Å². The molecule has 0 spiro atoms. The van der Waals surface area contributed by atoms with E-state index in [0.717, 1.165) is 22.7 Å². The van der Waals surface area contributed by atoms with Gasteiger partial charge in [-0.15, -0.1) is 11.3 Å². The Kier molecular flexibility index (Phi) is 6.64. The van der Waals surface area contributed by atoms with Gasteiger partial charge in [0.05, 0.1) is 27.8 Å². The fourth-order valence-corrected chi connectivity index (χ4v) is 9.48. The van der Waals surface area contributed by atoms with Crippen LogP contribution < -0.4 is 4.90 Å². The van der Waals surface area contributed by atoms with Crippen molar-refractivity contribution in [3.05, 3.63) is 188 Å². The van der Waals surface area contributed by atoms with Crippen LogP contribution in [0.1, 0.15) is 5.56 Å². The molecule has 0 saturated carbocycles. The first kappa shape index (κ1) is 30.0. The van der Waals surface area contributed by atoms with Crippen molar-refractivity contribution in [2.75, 3.05) is 4.90 Å². The molecule has 0 amide bonds. The van der Waals surface area contributed by atoms with Crippen molar-refractivity contribution < 1.29 is 0 Å². The average molecular weight is 696 g/mol. The highest BCUT2D eigenvalue weighted by atomic mass is 32.1. The number of hydrogen-bond donors (Lipinski definition) is 0. The molecule has 250 valence electrons. The summed E-state index contributed by atoms with van der Waals surface area (Å²) in [5.74, 6) is 0. The second-order valence-electron chi connectivity index (χ2n) is 13.9. The van der Waals surface area contributed by atoms with E-state index in [4.69, 9.17) is 0 Å². The number of aryl methyl sites for hydroxylation is 1. The molecule has 53 heavy (non-hydrogen) atoms. The quantitative estimate of drug-likeness (QED) is 0.175. The molecule has 0 aliphatic carbocycles. The Morgan fingerprint density at radius 2 is 0.906 bits per heavy atom. The topological polar surface area (TPSA) is 13.1 Å². The van der Waals surface area contributed by atoms with Crippen molar-refractivity contribution in [3.8, 4) is 11.4 Å². The van der Waals surface area contributed by atoms with Crippen LogP contribution in [0.3, 0.4) is 0 Å². The third-order valence-corrected chi connectivity index (χ3v) is 11.9. The lowest BCUT2D eigenvalue weighted by molar-refractivity contribution is 1.17. The Balaban J connectivity index is 1.13. The molecule has 0 atom stereocenters. The van der Waals surface area contributed by atoms with Crippen LogP contribution in [0.25, 0.3) is 75.2 Å². The smallest absolute Gasteiger partial charge is 0.0562 e. The van der Waals surface area contributed by atoms with Crippen molar-refractivity contribution in [3.63, 3.8) is 0 Å². The number of para-hydroxylation sites is 3. The van der Waals surface area contributed by atoms with Crippen molar-refractivity contribution in [1.82, 2.24) is 9.13 Å². The van der Waals surface area contributed by atoms with E-state index < -0.39 is 0 Å². The maximum Gasteiger partial charge on any atom is 0.0562 e. The maximum atomic E-state index is 2.44. The van der Waals surface area contributed by atoms with Crippen LogP contribution in [0.15, 0.2) is 182 Å². The minimum Gasteiger partial charge on any atom is -0.310 e. The first-order valence-electron chi connectivity index (χ1n) is 18.1. The maximum absolute atomic E-state index is 2.44. The molecule has 11 aromatic rings. The fraction of sp³-hybridized carbons (Fsp3) is 0.0204. The van der Waals surface area contributed by atoms with Gasteiger partial charge in [0.25, 0.3) is 0 Å². The lowest BCUT2D eigenvalue weighted by atomic mass is 10.1. The summed E-state index contributed by atoms with van der Waals surface area (Å²) in [6.45, 7) is 2.15. The minimum absolute atomic E-state index is 1.11. The third kappa shape index (κ3) is 4.59. The minimum atomic E-state index is 1.11. The number of nitrogens with zero attached hydrogens (tertiary/aromatic N) is 3. The zero-order chi connectivity index (χ0) is 35.0. The van der Waals surface area contributed by atoms with Gasteiger partial charge >= 0.3 is 0 Å². The number of rotatable bonds is 5. The Morgan fingerprint density at radius 1 is 0.396 bits per heavy atom.